The van der Waals surface area contributed by atoms with Gasteiger partial charge in [-0.3, -0.25) is 4.79 Å². The van der Waals surface area contributed by atoms with Gasteiger partial charge in [-0.05, 0) is 62.0 Å². The molecule has 0 unspecified atom stereocenters. The number of hydrogen-bond acceptors (Lipinski definition) is 2. The van der Waals surface area contributed by atoms with Crippen LogP contribution in [0.1, 0.15) is 63.5 Å². The molecular weight excluding hydrogens is 298 g/mol. The van der Waals surface area contributed by atoms with E-state index in [1.54, 1.807) is 0 Å². The topological polar surface area (TPSA) is 40.5 Å². The number of piperidine rings is 1. The Labute approximate surface area is 146 Å². The van der Waals surface area contributed by atoms with Crippen molar-refractivity contribution in [1.82, 2.24) is 4.90 Å². The van der Waals surface area contributed by atoms with Gasteiger partial charge in [0.2, 0.25) is 5.91 Å². The quantitative estimate of drug-likeness (QED) is 0.914. The molecule has 1 amide bonds. The van der Waals surface area contributed by atoms with Crippen LogP contribution in [0.5, 0.6) is 0 Å². The molecule has 2 fully saturated rings. The number of nitrogens with zero attached hydrogens (tertiary/aromatic N) is 1. The molecular formula is C21H31NO2. The first-order valence-corrected chi connectivity index (χ1v) is 9.44. The molecule has 1 N–H and O–H groups in total. The molecule has 3 heteroatoms. The first-order chi connectivity index (χ1) is 11.3. The molecule has 1 aliphatic carbocycles. The number of aliphatic hydroxyl groups is 1. The number of hydrogen-bond donors (Lipinski definition) is 1. The average Bonchev–Trinajstić information content (AvgIpc) is 2.53. The van der Waals surface area contributed by atoms with Crippen molar-refractivity contribution in [3.8, 4) is 0 Å². The summed E-state index contributed by atoms with van der Waals surface area (Å²) in [7, 11) is 0. The summed E-state index contributed by atoms with van der Waals surface area (Å²) < 4.78 is 0. The maximum absolute atomic E-state index is 12.4. The Balaban J connectivity index is 1.46. The second-order valence-electron chi connectivity index (χ2n) is 8.47. The van der Waals surface area contributed by atoms with Crippen LogP contribution in [-0.2, 0) is 11.2 Å². The Morgan fingerprint density at radius 3 is 2.29 bits per heavy atom. The number of amides is 1. The van der Waals surface area contributed by atoms with Crippen LogP contribution < -0.4 is 0 Å². The lowest BCUT2D eigenvalue weighted by atomic mass is 9.71. The van der Waals surface area contributed by atoms with Crippen molar-refractivity contribution in [3.63, 3.8) is 0 Å². The molecule has 1 saturated heterocycles. The lowest BCUT2D eigenvalue weighted by molar-refractivity contribution is -0.151. The first kappa shape index (κ1) is 17.5. The minimum absolute atomic E-state index is 0.0557. The van der Waals surface area contributed by atoms with Crippen LogP contribution in [0.2, 0.25) is 0 Å². The van der Waals surface area contributed by atoms with Crippen LogP contribution in [0, 0.1) is 11.8 Å². The number of benzene rings is 1. The normalized spacial score (nSPS) is 28.0. The fourth-order valence-electron chi connectivity index (χ4n) is 4.16. The molecule has 1 saturated carbocycles. The van der Waals surface area contributed by atoms with Gasteiger partial charge < -0.3 is 10.0 Å². The summed E-state index contributed by atoms with van der Waals surface area (Å²) in [6.07, 6.45) is 4.59. The van der Waals surface area contributed by atoms with Gasteiger partial charge in [-0.1, -0.05) is 38.1 Å². The highest BCUT2D eigenvalue weighted by Gasteiger charge is 2.44. The summed E-state index contributed by atoms with van der Waals surface area (Å²) in [6, 6.07) is 9.04. The van der Waals surface area contributed by atoms with Crippen molar-refractivity contribution < 1.29 is 9.90 Å². The Morgan fingerprint density at radius 1 is 1.21 bits per heavy atom. The maximum Gasteiger partial charge on any atom is 0.225 e. The van der Waals surface area contributed by atoms with E-state index in [1.165, 1.54) is 11.1 Å². The second kappa shape index (κ2) is 6.87. The third kappa shape index (κ3) is 4.00. The van der Waals surface area contributed by atoms with E-state index < -0.39 is 5.60 Å². The summed E-state index contributed by atoms with van der Waals surface area (Å²) in [4.78, 5) is 14.5. The molecule has 0 atom stereocenters. The van der Waals surface area contributed by atoms with Crippen LogP contribution in [0.25, 0.3) is 0 Å². The van der Waals surface area contributed by atoms with Crippen molar-refractivity contribution in [2.45, 2.75) is 64.4 Å². The highest BCUT2D eigenvalue weighted by molar-refractivity contribution is 5.80. The molecule has 1 aromatic rings. The third-order valence-corrected chi connectivity index (χ3v) is 5.82. The van der Waals surface area contributed by atoms with E-state index in [0.717, 1.165) is 32.4 Å². The van der Waals surface area contributed by atoms with E-state index >= 15 is 0 Å². The molecule has 1 heterocycles. The fourth-order valence-corrected chi connectivity index (χ4v) is 4.16. The van der Waals surface area contributed by atoms with Crippen LogP contribution in [0.15, 0.2) is 24.3 Å². The molecule has 1 aliphatic heterocycles. The molecule has 132 valence electrons. The summed E-state index contributed by atoms with van der Waals surface area (Å²) in [5, 5.41) is 9.82. The van der Waals surface area contributed by atoms with Crippen LogP contribution in [0.4, 0.5) is 0 Å². The smallest absolute Gasteiger partial charge is 0.225 e. The SMILES string of the molecule is CC(C)c1ccc(CC2CCN(C(=O)C3CC(C)(O)C3)CC2)cc1. The third-order valence-electron chi connectivity index (χ3n) is 5.82. The molecule has 3 nitrogen and oxygen atoms in total. The number of carbonyl (C=O) groups is 1. The van der Waals surface area contributed by atoms with E-state index in [4.69, 9.17) is 0 Å². The predicted octanol–water partition coefficient (Wildman–Crippen LogP) is 3.75. The standard InChI is InChI=1S/C21H31NO2/c1-15(2)18-6-4-16(5-7-18)12-17-8-10-22(11-9-17)20(23)19-13-21(3,24)14-19/h4-7,15,17,19,24H,8-14H2,1-3H3. The Hall–Kier alpha value is -1.35. The van der Waals surface area contributed by atoms with Crippen LogP contribution >= 0.6 is 0 Å². The van der Waals surface area contributed by atoms with E-state index in [2.05, 4.69) is 38.1 Å². The second-order valence-corrected chi connectivity index (χ2v) is 8.47. The molecule has 0 aromatic heterocycles. The van der Waals surface area contributed by atoms with Gasteiger partial charge in [0.25, 0.3) is 0 Å². The van der Waals surface area contributed by atoms with E-state index in [9.17, 15) is 9.90 Å². The van der Waals surface area contributed by atoms with E-state index in [0.29, 0.717) is 24.7 Å². The van der Waals surface area contributed by atoms with Crippen LogP contribution in [-0.4, -0.2) is 34.6 Å². The van der Waals surface area contributed by atoms with Crippen molar-refractivity contribution in [2.24, 2.45) is 11.8 Å². The molecule has 0 radical (unpaired) electrons. The summed E-state index contributed by atoms with van der Waals surface area (Å²) in [5.41, 5.74) is 2.20. The van der Waals surface area contributed by atoms with Gasteiger partial charge in [0.15, 0.2) is 0 Å². The van der Waals surface area contributed by atoms with Gasteiger partial charge in [-0.25, -0.2) is 0 Å². The predicted molar refractivity (Wildman–Crippen MR) is 96.9 cm³/mol. The zero-order valence-corrected chi connectivity index (χ0v) is 15.3. The lowest BCUT2D eigenvalue weighted by Gasteiger charge is -2.43. The van der Waals surface area contributed by atoms with Crippen LogP contribution in [0.3, 0.4) is 0 Å². The van der Waals surface area contributed by atoms with Crippen molar-refractivity contribution in [2.75, 3.05) is 13.1 Å². The van der Waals surface area contributed by atoms with Gasteiger partial charge in [0.1, 0.15) is 0 Å². The van der Waals surface area contributed by atoms with Gasteiger partial charge >= 0.3 is 0 Å². The van der Waals surface area contributed by atoms with Gasteiger partial charge in [-0.15, -0.1) is 0 Å². The molecule has 2 aliphatic rings. The fraction of sp³-hybridized carbons (Fsp3) is 0.667. The molecule has 24 heavy (non-hydrogen) atoms. The monoisotopic (exact) mass is 329 g/mol. The Bertz CT molecular complexity index is 560. The van der Waals surface area contributed by atoms with Gasteiger partial charge in [0, 0.05) is 19.0 Å². The molecule has 0 spiro atoms. The van der Waals surface area contributed by atoms with Gasteiger partial charge in [-0.2, -0.15) is 0 Å². The summed E-state index contributed by atoms with van der Waals surface area (Å²) >= 11 is 0. The van der Waals surface area contributed by atoms with Crippen molar-refractivity contribution in [3.05, 3.63) is 35.4 Å². The lowest BCUT2D eigenvalue weighted by Crippen LogP contribution is -2.51. The Kier molecular flexibility index (Phi) is 5.00. The number of carbonyl (C=O) groups excluding carboxylic acids is 1. The van der Waals surface area contributed by atoms with Gasteiger partial charge in [0.05, 0.1) is 5.60 Å². The van der Waals surface area contributed by atoms with Crippen molar-refractivity contribution >= 4 is 5.91 Å². The number of likely N-dealkylation sites (tertiary alicyclic amines) is 1. The highest BCUT2D eigenvalue weighted by atomic mass is 16.3. The van der Waals surface area contributed by atoms with Crippen molar-refractivity contribution in [1.29, 1.82) is 0 Å². The molecule has 0 bridgehead atoms. The molecule has 3 rings (SSSR count). The van der Waals surface area contributed by atoms with E-state index in [-0.39, 0.29) is 11.8 Å². The zero-order valence-electron chi connectivity index (χ0n) is 15.3. The number of rotatable bonds is 4. The Morgan fingerprint density at radius 2 is 1.79 bits per heavy atom. The minimum Gasteiger partial charge on any atom is -0.390 e. The highest BCUT2D eigenvalue weighted by Crippen LogP contribution is 2.39. The van der Waals surface area contributed by atoms with E-state index in [1.807, 2.05) is 11.8 Å². The zero-order chi connectivity index (χ0) is 17.3. The minimum atomic E-state index is -0.610. The first-order valence-electron chi connectivity index (χ1n) is 9.44. The largest absolute Gasteiger partial charge is 0.390 e. The average molecular weight is 329 g/mol. The maximum atomic E-state index is 12.4. The molecule has 1 aromatic carbocycles. The summed E-state index contributed by atoms with van der Waals surface area (Å²) in [6.45, 7) is 8.04. The summed E-state index contributed by atoms with van der Waals surface area (Å²) in [5.74, 6) is 1.59.